The first-order chi connectivity index (χ1) is 12.6. The van der Waals surface area contributed by atoms with Crippen molar-refractivity contribution in [3.05, 3.63) is 22.7 Å². The van der Waals surface area contributed by atoms with E-state index in [4.69, 9.17) is 26.0 Å². The fourth-order valence-corrected chi connectivity index (χ4v) is 2.50. The van der Waals surface area contributed by atoms with Crippen LogP contribution in [0.15, 0.2) is 17.1 Å². The van der Waals surface area contributed by atoms with Crippen molar-refractivity contribution in [3.8, 4) is 6.07 Å². The molecule has 1 fully saturated rings. The number of nitriles is 1. The van der Waals surface area contributed by atoms with Gasteiger partial charge in [-0.25, -0.2) is 4.79 Å². The summed E-state index contributed by atoms with van der Waals surface area (Å²) in [4.78, 5) is 37.6. The van der Waals surface area contributed by atoms with Crippen molar-refractivity contribution in [1.29, 1.82) is 5.26 Å². The standard InChI is InChI=1S/C14H17N5O8/c15-5-14(19-2-1-8(17)18-13(19)25)11(23)10(22)7(27-14)4-26-12(24)6(16)3-9(20)21/h1-2,6-7,10-11,22-23H,3-4,16H2,(H,20,21)(H2,17,18,25)/t6-,7-,10?,11?,14-/m1/s1. The lowest BCUT2D eigenvalue weighted by molar-refractivity contribution is -0.157. The van der Waals surface area contributed by atoms with E-state index >= 15 is 0 Å². The maximum atomic E-state index is 12.0. The lowest BCUT2D eigenvalue weighted by Gasteiger charge is -2.26. The number of aliphatic hydroxyl groups is 2. The average Bonchev–Trinajstić information content (AvgIpc) is 2.84. The minimum absolute atomic E-state index is 0.129. The molecule has 1 aliphatic rings. The van der Waals surface area contributed by atoms with Crippen LogP contribution < -0.4 is 17.2 Å². The Kier molecular flexibility index (Phi) is 5.76. The summed E-state index contributed by atoms with van der Waals surface area (Å²) in [6.45, 7) is -0.648. The second-order valence-electron chi connectivity index (χ2n) is 5.74. The molecule has 7 N–H and O–H groups in total. The quantitative estimate of drug-likeness (QED) is 0.301. The zero-order valence-corrected chi connectivity index (χ0v) is 13.8. The van der Waals surface area contributed by atoms with Gasteiger partial charge in [-0.05, 0) is 6.07 Å². The van der Waals surface area contributed by atoms with Gasteiger partial charge in [-0.1, -0.05) is 0 Å². The molecule has 2 unspecified atom stereocenters. The van der Waals surface area contributed by atoms with Crippen LogP contribution in [0.5, 0.6) is 0 Å². The highest BCUT2D eigenvalue weighted by atomic mass is 16.6. The van der Waals surface area contributed by atoms with Crippen molar-refractivity contribution in [2.75, 3.05) is 12.3 Å². The Morgan fingerprint density at radius 3 is 2.74 bits per heavy atom. The highest BCUT2D eigenvalue weighted by molar-refractivity contribution is 5.81. The Bertz CT molecular complexity index is 836. The summed E-state index contributed by atoms with van der Waals surface area (Å²) in [7, 11) is 0. The van der Waals surface area contributed by atoms with Crippen LogP contribution in [0.2, 0.25) is 0 Å². The topological polar surface area (TPSA) is 224 Å². The molecule has 13 nitrogen and oxygen atoms in total. The van der Waals surface area contributed by atoms with Crippen LogP contribution in [0.3, 0.4) is 0 Å². The van der Waals surface area contributed by atoms with Gasteiger partial charge >= 0.3 is 17.6 Å². The summed E-state index contributed by atoms with van der Waals surface area (Å²) in [5.41, 5.74) is 7.37. The number of carboxylic acid groups (broad SMARTS) is 1. The maximum absolute atomic E-state index is 12.0. The molecule has 0 aliphatic carbocycles. The smallest absolute Gasteiger partial charge is 0.352 e. The monoisotopic (exact) mass is 383 g/mol. The van der Waals surface area contributed by atoms with Crippen LogP contribution in [-0.2, 0) is 24.8 Å². The molecule has 0 bridgehead atoms. The van der Waals surface area contributed by atoms with Crippen LogP contribution in [0.25, 0.3) is 0 Å². The molecule has 0 amide bonds. The first kappa shape index (κ1) is 20.3. The molecule has 27 heavy (non-hydrogen) atoms. The van der Waals surface area contributed by atoms with Crippen molar-refractivity contribution in [1.82, 2.24) is 9.55 Å². The summed E-state index contributed by atoms with van der Waals surface area (Å²) < 4.78 is 10.8. The maximum Gasteiger partial charge on any atom is 0.352 e. The van der Waals surface area contributed by atoms with Crippen LogP contribution in [-0.4, -0.2) is 67.8 Å². The molecule has 1 aromatic rings. The lowest BCUT2D eigenvalue weighted by atomic mass is 10.0. The number of esters is 1. The normalized spacial score (nSPS) is 28.3. The van der Waals surface area contributed by atoms with Gasteiger partial charge in [0.25, 0.3) is 5.72 Å². The summed E-state index contributed by atoms with van der Waals surface area (Å²) in [5.74, 6) is -2.52. The lowest BCUT2D eigenvalue weighted by Crippen LogP contribution is -2.49. The highest BCUT2D eigenvalue weighted by Crippen LogP contribution is 2.34. The fraction of sp³-hybridized carbons (Fsp3) is 0.500. The molecule has 1 aliphatic heterocycles. The molecule has 0 spiro atoms. The second-order valence-corrected chi connectivity index (χ2v) is 5.74. The van der Waals surface area contributed by atoms with E-state index in [1.54, 1.807) is 6.07 Å². The third-order valence-corrected chi connectivity index (χ3v) is 3.87. The number of nitrogens with two attached hydrogens (primary N) is 2. The molecule has 5 atom stereocenters. The molecular formula is C14H17N5O8. The van der Waals surface area contributed by atoms with Gasteiger partial charge in [0.15, 0.2) is 0 Å². The fourth-order valence-electron chi connectivity index (χ4n) is 2.50. The molecule has 1 saturated heterocycles. The third kappa shape index (κ3) is 3.88. The summed E-state index contributed by atoms with van der Waals surface area (Å²) >= 11 is 0. The number of carboxylic acids is 1. The van der Waals surface area contributed by atoms with Gasteiger partial charge in [0.2, 0.25) is 0 Å². The number of rotatable bonds is 6. The Hall–Kier alpha value is -3.05. The number of carbonyl (C=O) groups excluding carboxylic acids is 1. The molecule has 13 heteroatoms. The number of aromatic nitrogens is 2. The van der Waals surface area contributed by atoms with E-state index in [0.717, 1.165) is 6.20 Å². The van der Waals surface area contributed by atoms with Crippen LogP contribution in [0, 0.1) is 11.3 Å². The number of hydrogen-bond acceptors (Lipinski definition) is 11. The van der Waals surface area contributed by atoms with Gasteiger partial charge in [0.05, 0.1) is 6.42 Å². The van der Waals surface area contributed by atoms with Gasteiger partial charge < -0.3 is 36.3 Å². The Morgan fingerprint density at radius 2 is 2.19 bits per heavy atom. The van der Waals surface area contributed by atoms with E-state index in [0.29, 0.717) is 4.57 Å². The zero-order chi connectivity index (χ0) is 20.4. The van der Waals surface area contributed by atoms with Crippen molar-refractivity contribution in [2.45, 2.75) is 36.5 Å². The van der Waals surface area contributed by atoms with Crippen molar-refractivity contribution in [2.24, 2.45) is 5.73 Å². The van der Waals surface area contributed by atoms with Crippen LogP contribution in [0.4, 0.5) is 5.82 Å². The Labute approximate surface area is 151 Å². The molecule has 2 heterocycles. The number of aliphatic carboxylic acids is 1. The van der Waals surface area contributed by atoms with Gasteiger partial charge in [0, 0.05) is 6.20 Å². The third-order valence-electron chi connectivity index (χ3n) is 3.87. The predicted octanol–water partition coefficient (Wildman–Crippen LogP) is -3.53. The van der Waals surface area contributed by atoms with Gasteiger partial charge in [-0.2, -0.15) is 10.2 Å². The minimum atomic E-state index is -2.34. The number of anilines is 1. The number of carbonyl (C=O) groups is 2. The molecule has 0 radical (unpaired) electrons. The first-order valence-electron chi connectivity index (χ1n) is 7.57. The minimum Gasteiger partial charge on any atom is -0.481 e. The Balaban J connectivity index is 2.19. The molecule has 146 valence electrons. The number of ether oxygens (including phenoxy) is 2. The largest absolute Gasteiger partial charge is 0.481 e. The van der Waals surface area contributed by atoms with E-state index in [-0.39, 0.29) is 5.82 Å². The van der Waals surface area contributed by atoms with E-state index in [1.165, 1.54) is 6.07 Å². The van der Waals surface area contributed by atoms with Gasteiger partial charge in [-0.15, -0.1) is 0 Å². The molecule has 2 rings (SSSR count). The highest BCUT2D eigenvalue weighted by Gasteiger charge is 2.57. The van der Waals surface area contributed by atoms with Gasteiger partial charge in [-0.3, -0.25) is 14.2 Å². The summed E-state index contributed by atoms with van der Waals surface area (Å²) in [5, 5.41) is 38.5. The van der Waals surface area contributed by atoms with E-state index in [9.17, 15) is 29.9 Å². The molecule has 0 aromatic carbocycles. The Morgan fingerprint density at radius 1 is 1.52 bits per heavy atom. The molecule has 0 saturated carbocycles. The van der Waals surface area contributed by atoms with Crippen LogP contribution >= 0.6 is 0 Å². The SMILES string of the molecule is N#C[C@@]1(n2ccc(N)nc2=O)O[C@H](COC(=O)[C@H](N)CC(=O)O)C(O)C1O. The number of aliphatic hydroxyl groups excluding tert-OH is 2. The van der Waals surface area contributed by atoms with E-state index < -0.39 is 60.7 Å². The number of nitrogen functional groups attached to an aromatic ring is 1. The zero-order valence-electron chi connectivity index (χ0n) is 13.8. The average molecular weight is 383 g/mol. The number of hydrogen-bond donors (Lipinski definition) is 5. The van der Waals surface area contributed by atoms with Crippen molar-refractivity contribution in [3.63, 3.8) is 0 Å². The van der Waals surface area contributed by atoms with Crippen molar-refractivity contribution >= 4 is 17.8 Å². The van der Waals surface area contributed by atoms with Crippen LogP contribution in [0.1, 0.15) is 6.42 Å². The van der Waals surface area contributed by atoms with Crippen molar-refractivity contribution < 1.29 is 34.4 Å². The summed E-state index contributed by atoms with van der Waals surface area (Å²) in [6, 6.07) is 1.34. The second kappa shape index (κ2) is 7.68. The van der Waals surface area contributed by atoms with E-state index in [2.05, 4.69) is 4.98 Å². The first-order valence-corrected chi connectivity index (χ1v) is 7.57. The summed E-state index contributed by atoms with van der Waals surface area (Å²) in [6.07, 6.45) is -4.62. The van der Waals surface area contributed by atoms with Gasteiger partial charge in [0.1, 0.15) is 42.8 Å². The molecular weight excluding hydrogens is 366 g/mol. The predicted molar refractivity (Wildman–Crippen MR) is 84.6 cm³/mol. The van der Waals surface area contributed by atoms with E-state index in [1.807, 2.05) is 0 Å². The molecule has 1 aromatic heterocycles. The number of nitrogens with zero attached hydrogens (tertiary/aromatic N) is 3.